The summed E-state index contributed by atoms with van der Waals surface area (Å²) >= 11 is 0. The standard InChI is InChI=1S/C15H21FN2O3/c1-10-7-12(8-11(2)14(10)16)9-17-15(21)18(3)6-4-5-13(19)20/h7-8H,4-6,9H2,1-3H3,(H,17,21)(H,19,20). The van der Waals surface area contributed by atoms with Gasteiger partial charge in [0.25, 0.3) is 0 Å². The molecule has 6 heteroatoms. The Labute approximate surface area is 123 Å². The Hall–Kier alpha value is -2.11. The molecule has 0 saturated heterocycles. The number of nitrogens with zero attached hydrogens (tertiary/aromatic N) is 1. The summed E-state index contributed by atoms with van der Waals surface area (Å²) in [7, 11) is 1.61. The number of carbonyl (C=O) groups is 2. The number of carboxylic acid groups (broad SMARTS) is 1. The Balaban J connectivity index is 2.47. The minimum Gasteiger partial charge on any atom is -0.481 e. The Morgan fingerprint density at radius 3 is 2.38 bits per heavy atom. The maximum Gasteiger partial charge on any atom is 0.317 e. The van der Waals surface area contributed by atoms with Gasteiger partial charge in [0, 0.05) is 26.6 Å². The number of hydrogen-bond acceptors (Lipinski definition) is 2. The van der Waals surface area contributed by atoms with Crippen LogP contribution in [0, 0.1) is 19.7 Å². The summed E-state index contributed by atoms with van der Waals surface area (Å²) in [6.45, 7) is 4.06. The third kappa shape index (κ3) is 5.41. The zero-order valence-corrected chi connectivity index (χ0v) is 12.6. The number of rotatable bonds is 6. The van der Waals surface area contributed by atoms with Crippen molar-refractivity contribution in [3.05, 3.63) is 34.6 Å². The van der Waals surface area contributed by atoms with Crippen LogP contribution in [-0.2, 0) is 11.3 Å². The predicted octanol–water partition coefficient (Wildman–Crippen LogP) is 2.45. The van der Waals surface area contributed by atoms with Crippen LogP contribution in [0.25, 0.3) is 0 Å². The van der Waals surface area contributed by atoms with E-state index in [0.717, 1.165) is 5.56 Å². The smallest absolute Gasteiger partial charge is 0.317 e. The van der Waals surface area contributed by atoms with Gasteiger partial charge < -0.3 is 15.3 Å². The van der Waals surface area contributed by atoms with Crippen LogP contribution >= 0.6 is 0 Å². The number of carbonyl (C=O) groups excluding carboxylic acids is 1. The van der Waals surface area contributed by atoms with E-state index < -0.39 is 5.97 Å². The van der Waals surface area contributed by atoms with Crippen LogP contribution in [0.2, 0.25) is 0 Å². The van der Waals surface area contributed by atoms with Crippen LogP contribution in [-0.4, -0.2) is 35.6 Å². The number of aliphatic carboxylic acids is 1. The van der Waals surface area contributed by atoms with Crippen molar-refractivity contribution in [2.75, 3.05) is 13.6 Å². The topological polar surface area (TPSA) is 69.6 Å². The largest absolute Gasteiger partial charge is 0.481 e. The van der Waals surface area contributed by atoms with Crippen molar-refractivity contribution in [3.8, 4) is 0 Å². The molecule has 0 spiro atoms. The quantitative estimate of drug-likeness (QED) is 0.847. The number of benzene rings is 1. The summed E-state index contributed by atoms with van der Waals surface area (Å²) in [5.74, 6) is -1.10. The van der Waals surface area contributed by atoms with E-state index in [0.29, 0.717) is 30.6 Å². The lowest BCUT2D eigenvalue weighted by molar-refractivity contribution is -0.137. The van der Waals surface area contributed by atoms with Crippen LogP contribution in [0.5, 0.6) is 0 Å². The van der Waals surface area contributed by atoms with E-state index in [9.17, 15) is 14.0 Å². The molecule has 0 bridgehead atoms. The fraction of sp³-hybridized carbons (Fsp3) is 0.467. The van der Waals surface area contributed by atoms with E-state index >= 15 is 0 Å². The fourth-order valence-corrected chi connectivity index (χ4v) is 2.02. The van der Waals surface area contributed by atoms with Crippen LogP contribution < -0.4 is 5.32 Å². The number of carboxylic acids is 1. The molecule has 0 heterocycles. The highest BCUT2D eigenvalue weighted by atomic mass is 19.1. The first-order valence-electron chi connectivity index (χ1n) is 6.77. The molecule has 1 aromatic carbocycles. The predicted molar refractivity (Wildman–Crippen MR) is 77.6 cm³/mol. The number of halogens is 1. The summed E-state index contributed by atoms with van der Waals surface area (Å²) in [5.41, 5.74) is 1.93. The third-order valence-electron chi connectivity index (χ3n) is 3.17. The second kappa shape index (κ2) is 7.61. The Morgan fingerprint density at radius 2 is 1.86 bits per heavy atom. The van der Waals surface area contributed by atoms with Gasteiger partial charge in [-0.15, -0.1) is 0 Å². The van der Waals surface area contributed by atoms with Crippen LogP contribution in [0.3, 0.4) is 0 Å². The number of nitrogens with one attached hydrogen (secondary N) is 1. The first kappa shape index (κ1) is 16.9. The van der Waals surface area contributed by atoms with Crippen LogP contribution in [0.1, 0.15) is 29.5 Å². The van der Waals surface area contributed by atoms with Gasteiger partial charge in [0.15, 0.2) is 0 Å². The van der Waals surface area contributed by atoms with Crippen molar-refractivity contribution in [2.45, 2.75) is 33.2 Å². The molecular formula is C15H21FN2O3. The molecule has 0 aromatic heterocycles. The van der Waals surface area contributed by atoms with E-state index in [1.54, 1.807) is 33.0 Å². The molecular weight excluding hydrogens is 275 g/mol. The summed E-state index contributed by atoms with van der Waals surface area (Å²) in [6, 6.07) is 3.13. The second-order valence-electron chi connectivity index (χ2n) is 5.12. The van der Waals surface area contributed by atoms with Gasteiger partial charge in [-0.2, -0.15) is 0 Å². The summed E-state index contributed by atoms with van der Waals surface area (Å²) in [5, 5.41) is 11.3. The molecule has 0 aliphatic carbocycles. The maximum atomic E-state index is 13.5. The van der Waals surface area contributed by atoms with Gasteiger partial charge >= 0.3 is 12.0 Å². The molecule has 1 aromatic rings. The second-order valence-corrected chi connectivity index (χ2v) is 5.12. The number of aryl methyl sites for hydroxylation is 2. The van der Waals surface area contributed by atoms with E-state index in [-0.39, 0.29) is 18.3 Å². The Bertz CT molecular complexity index is 509. The number of amides is 2. The van der Waals surface area contributed by atoms with Gasteiger partial charge in [-0.1, -0.05) is 12.1 Å². The van der Waals surface area contributed by atoms with Gasteiger partial charge in [0.05, 0.1) is 0 Å². The third-order valence-corrected chi connectivity index (χ3v) is 3.17. The monoisotopic (exact) mass is 296 g/mol. The zero-order chi connectivity index (χ0) is 16.0. The summed E-state index contributed by atoms with van der Waals surface area (Å²) < 4.78 is 13.5. The highest BCUT2D eigenvalue weighted by molar-refractivity contribution is 5.74. The molecule has 0 fully saturated rings. The molecule has 0 unspecified atom stereocenters. The number of urea groups is 1. The zero-order valence-electron chi connectivity index (χ0n) is 12.6. The molecule has 1 rings (SSSR count). The molecule has 0 aliphatic rings. The molecule has 21 heavy (non-hydrogen) atoms. The average molecular weight is 296 g/mol. The molecule has 0 aliphatic heterocycles. The maximum absolute atomic E-state index is 13.5. The van der Waals surface area contributed by atoms with Crippen molar-refractivity contribution in [1.82, 2.24) is 10.2 Å². The van der Waals surface area contributed by atoms with Gasteiger partial charge in [-0.25, -0.2) is 9.18 Å². The molecule has 116 valence electrons. The lowest BCUT2D eigenvalue weighted by Crippen LogP contribution is -2.37. The Kier molecular flexibility index (Phi) is 6.14. The molecule has 0 radical (unpaired) electrons. The van der Waals surface area contributed by atoms with Gasteiger partial charge in [0.2, 0.25) is 0 Å². The van der Waals surface area contributed by atoms with Crippen molar-refractivity contribution in [2.24, 2.45) is 0 Å². The molecule has 2 amide bonds. The van der Waals surface area contributed by atoms with E-state index in [1.807, 2.05) is 0 Å². The fourth-order valence-electron chi connectivity index (χ4n) is 2.02. The van der Waals surface area contributed by atoms with E-state index in [2.05, 4.69) is 5.32 Å². The van der Waals surface area contributed by atoms with Gasteiger partial charge in [-0.3, -0.25) is 4.79 Å². The van der Waals surface area contributed by atoms with Gasteiger partial charge in [-0.05, 0) is 37.0 Å². The summed E-state index contributed by atoms with van der Waals surface area (Å²) in [6.07, 6.45) is 0.446. The SMILES string of the molecule is Cc1cc(CNC(=O)N(C)CCCC(=O)O)cc(C)c1F. The van der Waals surface area contributed by atoms with Gasteiger partial charge in [0.1, 0.15) is 5.82 Å². The van der Waals surface area contributed by atoms with Crippen molar-refractivity contribution >= 4 is 12.0 Å². The molecule has 0 saturated carbocycles. The first-order chi connectivity index (χ1) is 9.81. The highest BCUT2D eigenvalue weighted by Gasteiger charge is 2.10. The van der Waals surface area contributed by atoms with Crippen molar-refractivity contribution in [1.29, 1.82) is 0 Å². The first-order valence-corrected chi connectivity index (χ1v) is 6.77. The van der Waals surface area contributed by atoms with E-state index in [1.165, 1.54) is 4.90 Å². The normalized spacial score (nSPS) is 10.3. The van der Waals surface area contributed by atoms with Crippen LogP contribution in [0.15, 0.2) is 12.1 Å². The molecule has 2 N–H and O–H groups in total. The van der Waals surface area contributed by atoms with Crippen molar-refractivity contribution in [3.63, 3.8) is 0 Å². The summed E-state index contributed by atoms with van der Waals surface area (Å²) in [4.78, 5) is 23.7. The lowest BCUT2D eigenvalue weighted by Gasteiger charge is -2.17. The molecule has 5 nitrogen and oxygen atoms in total. The minimum absolute atomic E-state index is 0.0357. The number of hydrogen-bond donors (Lipinski definition) is 2. The Morgan fingerprint density at radius 1 is 1.29 bits per heavy atom. The van der Waals surface area contributed by atoms with Crippen LogP contribution in [0.4, 0.5) is 9.18 Å². The minimum atomic E-state index is -0.874. The van der Waals surface area contributed by atoms with Crippen molar-refractivity contribution < 1.29 is 19.1 Å². The average Bonchev–Trinajstić information content (AvgIpc) is 2.41. The molecule has 0 atom stereocenters. The highest BCUT2D eigenvalue weighted by Crippen LogP contribution is 2.14. The lowest BCUT2D eigenvalue weighted by atomic mass is 10.1. The van der Waals surface area contributed by atoms with E-state index in [4.69, 9.17) is 5.11 Å².